The summed E-state index contributed by atoms with van der Waals surface area (Å²) in [4.78, 5) is 13.4. The summed E-state index contributed by atoms with van der Waals surface area (Å²) in [6, 6.07) is 0.953. The third-order valence-corrected chi connectivity index (χ3v) is 3.34. The number of carbonyl (C=O) groups excluding carboxylic acids is 1. The van der Waals surface area contributed by atoms with Crippen LogP contribution in [0.25, 0.3) is 0 Å². The van der Waals surface area contributed by atoms with Crippen LogP contribution in [0.3, 0.4) is 0 Å². The normalized spacial score (nSPS) is 21.3. The van der Waals surface area contributed by atoms with Crippen molar-refractivity contribution in [1.29, 1.82) is 0 Å². The first-order chi connectivity index (χ1) is 9.43. The van der Waals surface area contributed by atoms with E-state index in [0.717, 1.165) is 0 Å². The molecule has 20 heavy (non-hydrogen) atoms. The van der Waals surface area contributed by atoms with Gasteiger partial charge in [-0.15, -0.1) is 0 Å². The molecule has 1 amide bonds. The Hall–Kier alpha value is -2.05. The molecule has 1 fully saturated rings. The van der Waals surface area contributed by atoms with Gasteiger partial charge in [-0.2, -0.15) is 0 Å². The molecule has 7 heteroatoms. The Labute approximate surface area is 113 Å². The summed E-state index contributed by atoms with van der Waals surface area (Å²) >= 11 is 0. The molecule has 0 radical (unpaired) electrons. The van der Waals surface area contributed by atoms with Gasteiger partial charge in [0.15, 0.2) is 0 Å². The molecule has 1 atom stereocenters. The van der Waals surface area contributed by atoms with Gasteiger partial charge in [0.1, 0.15) is 23.0 Å². The van der Waals surface area contributed by atoms with Gasteiger partial charge in [0.05, 0.1) is 5.71 Å². The predicted molar refractivity (Wildman–Crippen MR) is 65.2 cm³/mol. The van der Waals surface area contributed by atoms with Crippen molar-refractivity contribution in [3.05, 3.63) is 35.1 Å². The topological polar surface area (TPSA) is 52.9 Å². The van der Waals surface area contributed by atoms with Crippen molar-refractivity contribution in [1.82, 2.24) is 4.90 Å². The zero-order valence-electron chi connectivity index (χ0n) is 10.7. The van der Waals surface area contributed by atoms with Crippen molar-refractivity contribution in [2.24, 2.45) is 11.1 Å². The van der Waals surface area contributed by atoms with Crippen molar-refractivity contribution >= 4 is 11.6 Å². The highest BCUT2D eigenvalue weighted by Crippen LogP contribution is 2.21. The summed E-state index contributed by atoms with van der Waals surface area (Å²) < 4.78 is 40.0. The van der Waals surface area contributed by atoms with Gasteiger partial charge in [0, 0.05) is 37.6 Å². The first-order valence-electron chi connectivity index (χ1n) is 6.08. The van der Waals surface area contributed by atoms with Crippen molar-refractivity contribution in [2.45, 2.75) is 13.3 Å². The zero-order chi connectivity index (χ0) is 14.9. The van der Waals surface area contributed by atoms with Gasteiger partial charge < -0.3 is 10.1 Å². The number of hydrogen-bond donors (Lipinski definition) is 1. The van der Waals surface area contributed by atoms with Crippen molar-refractivity contribution in [3.63, 3.8) is 0 Å². The highest BCUT2D eigenvalue weighted by molar-refractivity contribution is 5.96. The lowest BCUT2D eigenvalue weighted by Gasteiger charge is -2.31. The third-order valence-electron chi connectivity index (χ3n) is 3.34. The van der Waals surface area contributed by atoms with Crippen LogP contribution in [-0.2, 0) is 0 Å². The van der Waals surface area contributed by atoms with Crippen LogP contribution < -0.4 is 0 Å². The lowest BCUT2D eigenvalue weighted by atomic mass is 9.97. The Morgan fingerprint density at radius 3 is 2.45 bits per heavy atom. The van der Waals surface area contributed by atoms with E-state index < -0.39 is 28.9 Å². The van der Waals surface area contributed by atoms with Gasteiger partial charge >= 0.3 is 0 Å². The first kappa shape index (κ1) is 14.4. The van der Waals surface area contributed by atoms with E-state index in [9.17, 15) is 18.0 Å². The minimum absolute atomic E-state index is 0.189. The highest BCUT2D eigenvalue weighted by atomic mass is 19.1. The Morgan fingerprint density at radius 1 is 1.35 bits per heavy atom. The van der Waals surface area contributed by atoms with Crippen molar-refractivity contribution < 1.29 is 23.2 Å². The average Bonchev–Trinajstić information content (AvgIpc) is 2.37. The number of halogens is 3. The SMILES string of the molecule is CC1CN(C(=O)c2c(F)cc(F)cc2F)CCC1=NO. The van der Waals surface area contributed by atoms with E-state index in [-0.39, 0.29) is 19.0 Å². The summed E-state index contributed by atoms with van der Waals surface area (Å²) in [5.41, 5.74) is -0.225. The summed E-state index contributed by atoms with van der Waals surface area (Å²) in [5.74, 6) is -4.55. The number of carbonyl (C=O) groups is 1. The Kier molecular flexibility index (Phi) is 3.96. The standard InChI is InChI=1S/C13H13F3N2O2/c1-7-6-18(3-2-11(7)17-20)13(19)12-9(15)4-8(14)5-10(12)16/h4-5,7,20H,2-3,6H2,1H3. The predicted octanol–water partition coefficient (Wildman–Crippen LogP) is 2.42. The summed E-state index contributed by atoms with van der Waals surface area (Å²) in [5, 5.41) is 11.9. The fourth-order valence-corrected chi connectivity index (χ4v) is 2.26. The summed E-state index contributed by atoms with van der Waals surface area (Å²) in [6.07, 6.45) is 0.327. The van der Waals surface area contributed by atoms with Gasteiger partial charge in [0.25, 0.3) is 5.91 Å². The zero-order valence-corrected chi connectivity index (χ0v) is 10.7. The molecule has 1 saturated heterocycles. The minimum Gasteiger partial charge on any atom is -0.411 e. The van der Waals surface area contributed by atoms with Gasteiger partial charge in [0.2, 0.25) is 0 Å². The molecule has 0 bridgehead atoms. The number of benzene rings is 1. The van der Waals surface area contributed by atoms with Gasteiger partial charge in [-0.05, 0) is 0 Å². The molecule has 1 aliphatic heterocycles. The maximum absolute atomic E-state index is 13.6. The quantitative estimate of drug-likeness (QED) is 0.636. The van der Waals surface area contributed by atoms with Crippen LogP contribution in [0.5, 0.6) is 0 Å². The largest absolute Gasteiger partial charge is 0.411 e. The molecule has 1 aromatic rings. The molecule has 0 aliphatic carbocycles. The molecule has 108 valence electrons. The smallest absolute Gasteiger partial charge is 0.259 e. The fourth-order valence-electron chi connectivity index (χ4n) is 2.26. The van der Waals surface area contributed by atoms with E-state index in [1.807, 2.05) is 0 Å². The number of piperidine rings is 1. The average molecular weight is 286 g/mol. The van der Waals surface area contributed by atoms with Crippen LogP contribution in [0, 0.1) is 23.4 Å². The van der Waals surface area contributed by atoms with Gasteiger partial charge in [-0.25, -0.2) is 13.2 Å². The number of likely N-dealkylation sites (tertiary alicyclic amines) is 1. The third kappa shape index (κ3) is 2.61. The summed E-state index contributed by atoms with van der Waals surface area (Å²) in [7, 11) is 0. The monoisotopic (exact) mass is 286 g/mol. The summed E-state index contributed by atoms with van der Waals surface area (Å²) in [6.45, 7) is 2.12. The molecule has 1 aliphatic rings. The Morgan fingerprint density at radius 2 is 1.95 bits per heavy atom. The molecular weight excluding hydrogens is 273 g/mol. The molecule has 1 aromatic carbocycles. The van der Waals surface area contributed by atoms with E-state index >= 15 is 0 Å². The molecular formula is C13H13F3N2O2. The second kappa shape index (κ2) is 5.52. The number of amides is 1. The van der Waals surface area contributed by atoms with Crippen LogP contribution in [0.4, 0.5) is 13.2 Å². The second-order valence-electron chi connectivity index (χ2n) is 4.74. The Bertz CT molecular complexity index is 552. The number of nitrogens with zero attached hydrogens (tertiary/aromatic N) is 2. The van der Waals surface area contributed by atoms with Crippen LogP contribution in [0.2, 0.25) is 0 Å². The van der Waals surface area contributed by atoms with Crippen molar-refractivity contribution in [3.8, 4) is 0 Å². The van der Waals surface area contributed by atoms with Crippen LogP contribution in [0.1, 0.15) is 23.7 Å². The van der Waals surface area contributed by atoms with Crippen LogP contribution in [0.15, 0.2) is 17.3 Å². The molecule has 1 N–H and O–H groups in total. The molecule has 1 heterocycles. The van der Waals surface area contributed by atoms with E-state index in [2.05, 4.69) is 5.16 Å². The van der Waals surface area contributed by atoms with E-state index in [0.29, 0.717) is 24.3 Å². The maximum Gasteiger partial charge on any atom is 0.259 e. The van der Waals surface area contributed by atoms with Crippen LogP contribution >= 0.6 is 0 Å². The molecule has 0 saturated carbocycles. The number of oxime groups is 1. The van der Waals surface area contributed by atoms with Crippen molar-refractivity contribution in [2.75, 3.05) is 13.1 Å². The fraction of sp³-hybridized carbons (Fsp3) is 0.385. The van der Waals surface area contributed by atoms with E-state index in [1.54, 1.807) is 6.92 Å². The number of rotatable bonds is 1. The van der Waals surface area contributed by atoms with E-state index in [1.165, 1.54) is 4.90 Å². The lowest BCUT2D eigenvalue weighted by molar-refractivity contribution is 0.0724. The van der Waals surface area contributed by atoms with Gasteiger partial charge in [-0.3, -0.25) is 4.79 Å². The lowest BCUT2D eigenvalue weighted by Crippen LogP contribution is -2.43. The minimum atomic E-state index is -1.22. The number of hydrogen-bond acceptors (Lipinski definition) is 3. The molecule has 1 unspecified atom stereocenters. The molecule has 4 nitrogen and oxygen atoms in total. The highest BCUT2D eigenvalue weighted by Gasteiger charge is 2.30. The Balaban J connectivity index is 2.25. The van der Waals surface area contributed by atoms with Crippen LogP contribution in [-0.4, -0.2) is 34.8 Å². The molecule has 0 aromatic heterocycles. The van der Waals surface area contributed by atoms with E-state index in [4.69, 9.17) is 5.21 Å². The molecule has 0 spiro atoms. The van der Waals surface area contributed by atoms with Gasteiger partial charge in [-0.1, -0.05) is 12.1 Å². The first-order valence-corrected chi connectivity index (χ1v) is 6.08. The maximum atomic E-state index is 13.6. The second-order valence-corrected chi connectivity index (χ2v) is 4.74. The molecule has 2 rings (SSSR count).